The SMILES string of the molecule is CC(C)(C)OC(=O)N1C[C@H](NC(=O)COc2ccc(Cl)c(F)c2)CC[C@H]1C(=O)N(N)C(=O)OCCC(F)(F)F. The summed E-state index contributed by atoms with van der Waals surface area (Å²) in [6.45, 7) is 2.96. The average Bonchev–Trinajstić information content (AvgIpc) is 2.82. The van der Waals surface area contributed by atoms with E-state index in [9.17, 15) is 36.7 Å². The molecule has 0 spiro atoms. The van der Waals surface area contributed by atoms with Gasteiger partial charge in [-0.05, 0) is 45.7 Å². The number of halogens is 5. The molecule has 1 saturated heterocycles. The normalized spacial score (nSPS) is 17.7. The van der Waals surface area contributed by atoms with E-state index in [1.165, 1.54) is 12.1 Å². The van der Waals surface area contributed by atoms with E-state index >= 15 is 0 Å². The second kappa shape index (κ2) is 13.2. The van der Waals surface area contributed by atoms with Gasteiger partial charge in [-0.2, -0.15) is 18.2 Å². The zero-order chi connectivity index (χ0) is 29.5. The van der Waals surface area contributed by atoms with Crippen molar-refractivity contribution < 1.29 is 51.0 Å². The van der Waals surface area contributed by atoms with E-state index in [2.05, 4.69) is 10.1 Å². The smallest absolute Gasteiger partial charge is 0.431 e. The molecule has 1 fully saturated rings. The molecule has 218 valence electrons. The number of nitrogens with zero attached hydrogens (tertiary/aromatic N) is 2. The molecule has 0 saturated carbocycles. The monoisotopic (exact) mass is 584 g/mol. The first-order valence-corrected chi connectivity index (χ1v) is 12.0. The summed E-state index contributed by atoms with van der Waals surface area (Å²) >= 11 is 5.61. The van der Waals surface area contributed by atoms with Crippen LogP contribution in [-0.2, 0) is 19.1 Å². The predicted molar refractivity (Wildman–Crippen MR) is 128 cm³/mol. The molecule has 39 heavy (non-hydrogen) atoms. The number of hydrazine groups is 1. The van der Waals surface area contributed by atoms with Crippen molar-refractivity contribution in [3.05, 3.63) is 29.0 Å². The highest BCUT2D eigenvalue weighted by atomic mass is 35.5. The first kappa shape index (κ1) is 31.9. The Morgan fingerprint density at radius 3 is 2.44 bits per heavy atom. The number of rotatable bonds is 7. The lowest BCUT2D eigenvalue weighted by molar-refractivity contribution is -0.143. The molecule has 11 nitrogen and oxygen atoms in total. The van der Waals surface area contributed by atoms with Crippen molar-refractivity contribution in [1.29, 1.82) is 0 Å². The number of benzene rings is 1. The molecule has 2 rings (SSSR count). The summed E-state index contributed by atoms with van der Waals surface area (Å²) in [4.78, 5) is 51.1. The van der Waals surface area contributed by atoms with Crippen LogP contribution in [0.5, 0.6) is 5.75 Å². The lowest BCUT2D eigenvalue weighted by atomic mass is 9.97. The number of piperidine rings is 1. The summed E-state index contributed by atoms with van der Waals surface area (Å²) in [6.07, 6.45) is -8.45. The van der Waals surface area contributed by atoms with Crippen molar-refractivity contribution in [3.8, 4) is 5.75 Å². The number of nitrogens with two attached hydrogens (primary N) is 1. The van der Waals surface area contributed by atoms with Gasteiger partial charge in [0.15, 0.2) is 6.61 Å². The third kappa shape index (κ3) is 10.4. The van der Waals surface area contributed by atoms with Crippen LogP contribution in [0.3, 0.4) is 0 Å². The maximum Gasteiger partial charge on any atom is 0.431 e. The Kier molecular flexibility index (Phi) is 10.8. The van der Waals surface area contributed by atoms with Gasteiger partial charge in [-0.25, -0.2) is 19.8 Å². The fraction of sp³-hybridized carbons (Fsp3) is 0.565. The van der Waals surface area contributed by atoms with Crippen molar-refractivity contribution in [2.45, 2.75) is 63.9 Å². The van der Waals surface area contributed by atoms with Crippen molar-refractivity contribution >= 4 is 35.6 Å². The molecular weight excluding hydrogens is 556 g/mol. The molecule has 1 aliphatic heterocycles. The third-order valence-electron chi connectivity index (χ3n) is 5.17. The van der Waals surface area contributed by atoms with Gasteiger partial charge in [-0.3, -0.25) is 14.5 Å². The number of hydrogen-bond donors (Lipinski definition) is 2. The largest absolute Gasteiger partial charge is 0.484 e. The zero-order valence-corrected chi connectivity index (χ0v) is 22.1. The Hall–Kier alpha value is -3.33. The lowest BCUT2D eigenvalue weighted by Crippen LogP contribution is -2.61. The minimum Gasteiger partial charge on any atom is -0.484 e. The summed E-state index contributed by atoms with van der Waals surface area (Å²) in [7, 11) is 0. The Labute approximate surface area is 226 Å². The van der Waals surface area contributed by atoms with Crippen LogP contribution in [-0.4, -0.2) is 77.5 Å². The van der Waals surface area contributed by atoms with Gasteiger partial charge in [0.2, 0.25) is 0 Å². The zero-order valence-electron chi connectivity index (χ0n) is 21.3. The van der Waals surface area contributed by atoms with Crippen LogP contribution in [0.2, 0.25) is 5.02 Å². The van der Waals surface area contributed by atoms with Gasteiger partial charge in [0.25, 0.3) is 11.8 Å². The number of likely N-dealkylation sites (tertiary alicyclic amines) is 1. The molecular formula is C23H29ClF4N4O7. The molecule has 4 amide bonds. The molecule has 1 aromatic rings. The van der Waals surface area contributed by atoms with Crippen LogP contribution in [0.4, 0.5) is 27.2 Å². The van der Waals surface area contributed by atoms with E-state index in [-0.39, 0.29) is 35.2 Å². The molecule has 1 aromatic carbocycles. The van der Waals surface area contributed by atoms with Crippen LogP contribution in [0.25, 0.3) is 0 Å². The summed E-state index contributed by atoms with van der Waals surface area (Å²) in [5.41, 5.74) is -0.971. The van der Waals surface area contributed by atoms with Crippen LogP contribution in [0, 0.1) is 5.82 Å². The van der Waals surface area contributed by atoms with E-state index in [0.29, 0.717) is 0 Å². The molecule has 0 unspecified atom stereocenters. The second-order valence-corrected chi connectivity index (χ2v) is 9.95. The molecule has 1 aliphatic rings. The van der Waals surface area contributed by atoms with E-state index in [1.54, 1.807) is 20.8 Å². The van der Waals surface area contributed by atoms with E-state index in [4.69, 9.17) is 26.9 Å². The summed E-state index contributed by atoms with van der Waals surface area (Å²) in [5.74, 6) is 3.09. The van der Waals surface area contributed by atoms with Crippen molar-refractivity contribution in [3.63, 3.8) is 0 Å². The van der Waals surface area contributed by atoms with E-state index in [1.807, 2.05) is 0 Å². The van der Waals surface area contributed by atoms with E-state index in [0.717, 1.165) is 11.0 Å². The molecule has 2 atom stereocenters. The summed E-state index contributed by atoms with van der Waals surface area (Å²) < 4.78 is 65.4. The first-order chi connectivity index (χ1) is 18.0. The van der Waals surface area contributed by atoms with Gasteiger partial charge in [-0.15, -0.1) is 0 Å². The number of hydrogen-bond acceptors (Lipinski definition) is 8. The fourth-order valence-electron chi connectivity index (χ4n) is 3.43. The fourth-order valence-corrected chi connectivity index (χ4v) is 3.54. The number of nitrogens with one attached hydrogen (secondary N) is 1. The summed E-state index contributed by atoms with van der Waals surface area (Å²) in [6, 6.07) is 1.62. The van der Waals surface area contributed by atoms with Crippen molar-refractivity contribution in [2.75, 3.05) is 19.8 Å². The number of imide groups is 1. The molecule has 0 aliphatic carbocycles. The van der Waals surface area contributed by atoms with Gasteiger partial charge < -0.3 is 19.5 Å². The number of alkyl halides is 3. The van der Waals surface area contributed by atoms with E-state index < -0.39 is 73.3 Å². The Morgan fingerprint density at radius 1 is 1.18 bits per heavy atom. The van der Waals surface area contributed by atoms with Crippen LogP contribution < -0.4 is 15.9 Å². The standard InChI is InChI=1S/C23H29ClF4N4O7/c1-22(2,3)39-20(35)31-11-13(30-18(33)12-38-14-5-6-15(24)16(25)10-14)4-7-17(31)19(34)32(29)21(36)37-9-8-23(26,27)28/h5-6,10,13,17H,4,7-9,11-12,29H2,1-3H3,(H,30,33)/t13-,17+/m1/s1. The van der Waals surface area contributed by atoms with Gasteiger partial charge in [0.1, 0.15) is 29.8 Å². The van der Waals surface area contributed by atoms with Crippen LogP contribution >= 0.6 is 11.6 Å². The maximum atomic E-state index is 13.6. The number of carbonyl (C=O) groups excluding carboxylic acids is 4. The molecule has 0 aromatic heterocycles. The first-order valence-electron chi connectivity index (χ1n) is 11.7. The van der Waals surface area contributed by atoms with Crippen LogP contribution in [0.1, 0.15) is 40.0 Å². The second-order valence-electron chi connectivity index (χ2n) is 9.54. The topological polar surface area (TPSA) is 140 Å². The molecule has 0 radical (unpaired) electrons. The predicted octanol–water partition coefficient (Wildman–Crippen LogP) is 3.53. The molecule has 0 bridgehead atoms. The molecule has 3 N–H and O–H groups in total. The number of carbonyl (C=O) groups is 4. The van der Waals surface area contributed by atoms with Crippen molar-refractivity contribution in [1.82, 2.24) is 15.2 Å². The quantitative estimate of drug-likeness (QED) is 0.215. The minimum absolute atomic E-state index is 0.00357. The van der Waals surface area contributed by atoms with Crippen molar-refractivity contribution in [2.24, 2.45) is 5.84 Å². The maximum absolute atomic E-state index is 13.6. The highest BCUT2D eigenvalue weighted by molar-refractivity contribution is 6.30. The Morgan fingerprint density at radius 2 is 1.85 bits per heavy atom. The lowest BCUT2D eigenvalue weighted by Gasteiger charge is -2.40. The third-order valence-corrected chi connectivity index (χ3v) is 5.47. The summed E-state index contributed by atoms with van der Waals surface area (Å²) in [5, 5.41) is 2.51. The molecule has 16 heteroatoms. The van der Waals surface area contributed by atoms with Gasteiger partial charge >= 0.3 is 18.4 Å². The van der Waals surface area contributed by atoms with Crippen LogP contribution in [0.15, 0.2) is 18.2 Å². The number of amides is 4. The number of ether oxygens (including phenoxy) is 3. The minimum atomic E-state index is -4.59. The highest BCUT2D eigenvalue weighted by Crippen LogP contribution is 2.24. The van der Waals surface area contributed by atoms with Gasteiger partial charge in [0, 0.05) is 18.7 Å². The van der Waals surface area contributed by atoms with Gasteiger partial charge in [0.05, 0.1) is 11.4 Å². The Bertz CT molecular complexity index is 1070. The average molecular weight is 585 g/mol. The highest BCUT2D eigenvalue weighted by Gasteiger charge is 2.41. The van der Waals surface area contributed by atoms with Gasteiger partial charge in [-0.1, -0.05) is 11.6 Å². The Balaban J connectivity index is 2.05. The molecule has 1 heterocycles.